The van der Waals surface area contributed by atoms with E-state index in [1.807, 2.05) is 49.1 Å². The maximum absolute atomic E-state index is 10.1. The molecule has 0 aliphatic carbocycles. The maximum Gasteiger partial charge on any atom is 0.246 e. The van der Waals surface area contributed by atoms with Gasteiger partial charge in [-0.2, -0.15) is 0 Å². The maximum atomic E-state index is 10.1. The molecule has 0 bridgehead atoms. The summed E-state index contributed by atoms with van der Waals surface area (Å²) >= 11 is 0. The third kappa shape index (κ3) is 2.70. The highest BCUT2D eigenvalue weighted by Crippen LogP contribution is 2.25. The number of hydrogen-bond donors (Lipinski definition) is 1. The van der Waals surface area contributed by atoms with Crippen LogP contribution in [0.1, 0.15) is 20.8 Å². The molecule has 0 amide bonds. The summed E-state index contributed by atoms with van der Waals surface area (Å²) in [5, 5.41) is 10.1. The first kappa shape index (κ1) is 12.0. The van der Waals surface area contributed by atoms with Crippen molar-refractivity contribution in [3.05, 3.63) is 30.3 Å². The van der Waals surface area contributed by atoms with Crippen LogP contribution < -0.4 is 4.90 Å². The van der Waals surface area contributed by atoms with E-state index in [1.165, 1.54) is 7.11 Å². The molecule has 1 N–H and O–H groups in total. The van der Waals surface area contributed by atoms with E-state index in [0.717, 1.165) is 5.69 Å². The largest absolute Gasteiger partial charge is 0.349 e. The number of rotatable bonds is 4. The van der Waals surface area contributed by atoms with E-state index in [9.17, 15) is 5.11 Å². The molecule has 0 spiro atoms. The van der Waals surface area contributed by atoms with Gasteiger partial charge in [-0.1, -0.05) is 18.2 Å². The SMILES string of the molecule is COC(C)(O)N(c1ccccc1)C(C)C. The Kier molecular flexibility index (Phi) is 3.72. The molecule has 15 heavy (non-hydrogen) atoms. The zero-order chi connectivity index (χ0) is 11.5. The summed E-state index contributed by atoms with van der Waals surface area (Å²) in [5.74, 6) is -1.28. The molecule has 0 aliphatic heterocycles. The third-order valence-electron chi connectivity index (χ3n) is 2.38. The lowest BCUT2D eigenvalue weighted by atomic mass is 10.2. The topological polar surface area (TPSA) is 32.7 Å². The van der Waals surface area contributed by atoms with Crippen LogP contribution in [0.2, 0.25) is 0 Å². The molecule has 0 aromatic heterocycles. The van der Waals surface area contributed by atoms with Gasteiger partial charge in [-0.05, 0) is 26.0 Å². The van der Waals surface area contributed by atoms with E-state index in [-0.39, 0.29) is 6.04 Å². The fourth-order valence-corrected chi connectivity index (χ4v) is 1.70. The van der Waals surface area contributed by atoms with Crippen molar-refractivity contribution in [1.29, 1.82) is 0 Å². The highest BCUT2D eigenvalue weighted by Gasteiger charge is 2.31. The smallest absolute Gasteiger partial charge is 0.246 e. The van der Waals surface area contributed by atoms with Crippen molar-refractivity contribution in [2.45, 2.75) is 32.7 Å². The average molecular weight is 209 g/mol. The molecule has 1 atom stereocenters. The first-order valence-electron chi connectivity index (χ1n) is 5.11. The molecule has 1 unspecified atom stereocenters. The molecular formula is C12H19NO2. The van der Waals surface area contributed by atoms with Crippen LogP contribution in [0.15, 0.2) is 30.3 Å². The van der Waals surface area contributed by atoms with E-state index < -0.39 is 5.91 Å². The van der Waals surface area contributed by atoms with Crippen LogP contribution in [0, 0.1) is 0 Å². The van der Waals surface area contributed by atoms with Crippen LogP contribution in [0.5, 0.6) is 0 Å². The Balaban J connectivity index is 3.04. The molecule has 0 saturated carbocycles. The summed E-state index contributed by atoms with van der Waals surface area (Å²) < 4.78 is 5.10. The van der Waals surface area contributed by atoms with Crippen LogP contribution in [-0.4, -0.2) is 24.2 Å². The quantitative estimate of drug-likeness (QED) is 0.772. The second-order valence-corrected chi connectivity index (χ2v) is 3.94. The number of nitrogens with zero attached hydrogens (tertiary/aromatic N) is 1. The lowest BCUT2D eigenvalue weighted by molar-refractivity contribution is -0.173. The summed E-state index contributed by atoms with van der Waals surface area (Å²) in [4.78, 5) is 1.83. The number of hydrogen-bond acceptors (Lipinski definition) is 3. The fraction of sp³-hybridized carbons (Fsp3) is 0.500. The highest BCUT2D eigenvalue weighted by atomic mass is 16.6. The standard InChI is InChI=1S/C12H19NO2/c1-10(2)13(12(3,14)15-4)11-8-6-5-7-9-11/h5-10,14H,1-4H3. The summed E-state index contributed by atoms with van der Waals surface area (Å²) in [5.41, 5.74) is 0.944. The summed E-state index contributed by atoms with van der Waals surface area (Å²) in [6, 6.07) is 9.89. The van der Waals surface area contributed by atoms with Crippen molar-refractivity contribution < 1.29 is 9.84 Å². The van der Waals surface area contributed by atoms with Crippen molar-refractivity contribution in [1.82, 2.24) is 0 Å². The summed E-state index contributed by atoms with van der Waals surface area (Å²) in [7, 11) is 1.50. The van der Waals surface area contributed by atoms with Crippen molar-refractivity contribution >= 4 is 5.69 Å². The van der Waals surface area contributed by atoms with Crippen LogP contribution in [0.4, 0.5) is 5.69 Å². The molecule has 1 aromatic rings. The Morgan fingerprint density at radius 2 is 1.80 bits per heavy atom. The van der Waals surface area contributed by atoms with Gasteiger partial charge in [0, 0.05) is 25.8 Å². The number of para-hydroxylation sites is 1. The number of benzene rings is 1. The molecule has 0 saturated heterocycles. The Morgan fingerprint density at radius 3 is 2.20 bits per heavy atom. The van der Waals surface area contributed by atoms with Gasteiger partial charge in [0.1, 0.15) is 0 Å². The van der Waals surface area contributed by atoms with Gasteiger partial charge < -0.3 is 14.7 Å². The highest BCUT2D eigenvalue weighted by molar-refractivity contribution is 5.48. The third-order valence-corrected chi connectivity index (χ3v) is 2.38. The van der Waals surface area contributed by atoms with Gasteiger partial charge in [0.15, 0.2) is 0 Å². The minimum Gasteiger partial charge on any atom is -0.349 e. The van der Waals surface area contributed by atoms with E-state index in [0.29, 0.717) is 0 Å². The Bertz CT molecular complexity index is 296. The van der Waals surface area contributed by atoms with Gasteiger partial charge in [-0.3, -0.25) is 0 Å². The molecular weight excluding hydrogens is 190 g/mol. The predicted molar refractivity (Wildman–Crippen MR) is 61.7 cm³/mol. The fourth-order valence-electron chi connectivity index (χ4n) is 1.70. The molecule has 3 nitrogen and oxygen atoms in total. The van der Waals surface area contributed by atoms with E-state index in [4.69, 9.17) is 4.74 Å². The van der Waals surface area contributed by atoms with Crippen molar-refractivity contribution in [2.24, 2.45) is 0 Å². The van der Waals surface area contributed by atoms with Crippen LogP contribution >= 0.6 is 0 Å². The van der Waals surface area contributed by atoms with Gasteiger partial charge in [0.2, 0.25) is 5.91 Å². The first-order valence-corrected chi connectivity index (χ1v) is 5.11. The lowest BCUT2D eigenvalue weighted by Crippen LogP contribution is -2.51. The van der Waals surface area contributed by atoms with Crippen molar-refractivity contribution in [3.8, 4) is 0 Å². The monoisotopic (exact) mass is 209 g/mol. The summed E-state index contributed by atoms with van der Waals surface area (Å²) in [6.07, 6.45) is 0. The molecule has 0 radical (unpaired) electrons. The van der Waals surface area contributed by atoms with Gasteiger partial charge in [0.25, 0.3) is 0 Å². The molecule has 84 valence electrons. The second kappa shape index (κ2) is 4.64. The normalized spacial score (nSPS) is 15.1. The van der Waals surface area contributed by atoms with E-state index in [2.05, 4.69) is 0 Å². The Hall–Kier alpha value is -1.06. The van der Waals surface area contributed by atoms with Gasteiger partial charge in [0.05, 0.1) is 0 Å². The molecule has 0 aliphatic rings. The van der Waals surface area contributed by atoms with Crippen LogP contribution in [0.3, 0.4) is 0 Å². The first-order chi connectivity index (χ1) is 6.99. The zero-order valence-electron chi connectivity index (χ0n) is 9.77. The average Bonchev–Trinajstić information content (AvgIpc) is 2.18. The van der Waals surface area contributed by atoms with Gasteiger partial charge >= 0.3 is 0 Å². The van der Waals surface area contributed by atoms with Crippen LogP contribution in [-0.2, 0) is 4.74 Å². The molecule has 3 heteroatoms. The predicted octanol–water partition coefficient (Wildman–Crippen LogP) is 2.21. The molecule has 1 aromatic carbocycles. The molecule has 0 heterocycles. The number of ether oxygens (including phenoxy) is 1. The van der Waals surface area contributed by atoms with Gasteiger partial charge in [-0.15, -0.1) is 0 Å². The second-order valence-electron chi connectivity index (χ2n) is 3.94. The lowest BCUT2D eigenvalue weighted by Gasteiger charge is -2.40. The van der Waals surface area contributed by atoms with Crippen LogP contribution in [0.25, 0.3) is 0 Å². The summed E-state index contributed by atoms with van der Waals surface area (Å²) in [6.45, 7) is 5.67. The van der Waals surface area contributed by atoms with E-state index >= 15 is 0 Å². The minimum atomic E-state index is -1.28. The Morgan fingerprint density at radius 1 is 1.27 bits per heavy atom. The number of anilines is 1. The molecule has 1 rings (SSSR count). The molecule has 0 fully saturated rings. The van der Waals surface area contributed by atoms with Gasteiger partial charge in [-0.25, -0.2) is 0 Å². The number of aliphatic hydroxyl groups is 1. The minimum absolute atomic E-state index is 0.155. The van der Waals surface area contributed by atoms with E-state index in [1.54, 1.807) is 6.92 Å². The number of methoxy groups -OCH3 is 1. The van der Waals surface area contributed by atoms with Crippen molar-refractivity contribution in [2.75, 3.05) is 12.0 Å². The van der Waals surface area contributed by atoms with Crippen molar-refractivity contribution in [3.63, 3.8) is 0 Å². The zero-order valence-corrected chi connectivity index (χ0v) is 9.77. The Labute approximate surface area is 91.3 Å².